The Balaban J connectivity index is 1.50. The molecule has 1 aliphatic rings. The molecule has 0 aliphatic heterocycles. The lowest BCUT2D eigenvalue weighted by Gasteiger charge is -2.06. The van der Waals surface area contributed by atoms with Gasteiger partial charge in [0, 0.05) is 26.2 Å². The third-order valence-corrected chi connectivity index (χ3v) is 3.98. The second-order valence-electron chi connectivity index (χ2n) is 5.78. The van der Waals surface area contributed by atoms with E-state index in [4.69, 9.17) is 0 Å². The minimum atomic E-state index is 0.198. The minimum Gasteiger partial charge on any atom is -0.356 e. The van der Waals surface area contributed by atoms with Crippen molar-refractivity contribution in [1.29, 1.82) is 0 Å². The Morgan fingerprint density at radius 3 is 2.67 bits per heavy atom. The van der Waals surface area contributed by atoms with E-state index in [1.807, 2.05) is 17.8 Å². The molecule has 1 aromatic heterocycles. The fraction of sp³-hybridized carbons (Fsp3) is 0.412. The van der Waals surface area contributed by atoms with Crippen LogP contribution >= 0.6 is 0 Å². The molecule has 21 heavy (non-hydrogen) atoms. The smallest absolute Gasteiger partial charge is 0.220 e. The van der Waals surface area contributed by atoms with E-state index in [9.17, 15) is 4.79 Å². The molecule has 1 aliphatic carbocycles. The molecule has 3 rings (SSSR count). The van der Waals surface area contributed by atoms with Gasteiger partial charge in [0.2, 0.25) is 5.91 Å². The highest BCUT2D eigenvalue weighted by molar-refractivity contribution is 5.76. The van der Waals surface area contributed by atoms with Crippen LogP contribution in [0.1, 0.15) is 24.8 Å². The van der Waals surface area contributed by atoms with Gasteiger partial charge in [-0.1, -0.05) is 24.3 Å². The molecule has 1 aromatic carbocycles. The lowest BCUT2D eigenvalue weighted by molar-refractivity contribution is -0.121. The first-order chi connectivity index (χ1) is 10.2. The summed E-state index contributed by atoms with van der Waals surface area (Å²) in [5, 5.41) is 7.18. The molecular weight excluding hydrogens is 262 g/mol. The Kier molecular flexibility index (Phi) is 4.04. The first kappa shape index (κ1) is 13.9. The van der Waals surface area contributed by atoms with Gasteiger partial charge in [-0.3, -0.25) is 9.48 Å². The van der Waals surface area contributed by atoms with Crippen LogP contribution in [0.15, 0.2) is 36.5 Å². The van der Waals surface area contributed by atoms with Crippen LogP contribution in [-0.4, -0.2) is 22.2 Å². The van der Waals surface area contributed by atoms with E-state index in [1.54, 1.807) is 6.20 Å². The van der Waals surface area contributed by atoms with Gasteiger partial charge in [0.25, 0.3) is 0 Å². The summed E-state index contributed by atoms with van der Waals surface area (Å²) in [5.41, 5.74) is 3.52. The van der Waals surface area contributed by atoms with Crippen LogP contribution in [0, 0.1) is 5.92 Å². The lowest BCUT2D eigenvalue weighted by Crippen LogP contribution is -2.25. The van der Waals surface area contributed by atoms with Crippen LogP contribution in [0.4, 0.5) is 0 Å². The van der Waals surface area contributed by atoms with Crippen molar-refractivity contribution < 1.29 is 4.79 Å². The van der Waals surface area contributed by atoms with Gasteiger partial charge < -0.3 is 5.32 Å². The summed E-state index contributed by atoms with van der Waals surface area (Å²) >= 11 is 0. The van der Waals surface area contributed by atoms with Gasteiger partial charge in [-0.2, -0.15) is 5.10 Å². The highest BCUT2D eigenvalue weighted by atomic mass is 16.1. The van der Waals surface area contributed by atoms with E-state index in [0.717, 1.165) is 24.2 Å². The van der Waals surface area contributed by atoms with Gasteiger partial charge in [0.05, 0.1) is 5.69 Å². The number of aromatic nitrogens is 2. The fourth-order valence-electron chi connectivity index (χ4n) is 2.50. The minimum absolute atomic E-state index is 0.198. The molecule has 4 heteroatoms. The largest absolute Gasteiger partial charge is 0.356 e. The molecule has 4 nitrogen and oxygen atoms in total. The van der Waals surface area contributed by atoms with Gasteiger partial charge >= 0.3 is 0 Å². The first-order valence-electron chi connectivity index (χ1n) is 7.56. The number of aryl methyl sites for hydroxylation is 1. The van der Waals surface area contributed by atoms with Crippen molar-refractivity contribution in [3.63, 3.8) is 0 Å². The maximum absolute atomic E-state index is 11.6. The van der Waals surface area contributed by atoms with Crippen molar-refractivity contribution in [2.75, 3.05) is 6.54 Å². The summed E-state index contributed by atoms with van der Waals surface area (Å²) in [6.45, 7) is 0.719. The van der Waals surface area contributed by atoms with Gasteiger partial charge in [-0.05, 0) is 42.4 Å². The monoisotopic (exact) mass is 283 g/mol. The van der Waals surface area contributed by atoms with Crippen molar-refractivity contribution in [2.45, 2.75) is 25.7 Å². The molecule has 1 saturated carbocycles. The summed E-state index contributed by atoms with van der Waals surface area (Å²) in [7, 11) is 1.94. The Morgan fingerprint density at radius 2 is 2.05 bits per heavy atom. The Bertz CT molecular complexity index is 611. The van der Waals surface area contributed by atoms with Crippen molar-refractivity contribution in [3.05, 3.63) is 42.1 Å². The number of amides is 1. The van der Waals surface area contributed by atoms with E-state index >= 15 is 0 Å². The molecule has 0 atom stereocenters. The number of hydrogen-bond acceptors (Lipinski definition) is 2. The van der Waals surface area contributed by atoms with E-state index in [0.29, 0.717) is 12.3 Å². The van der Waals surface area contributed by atoms with Gasteiger partial charge in [-0.25, -0.2) is 0 Å². The third-order valence-electron chi connectivity index (χ3n) is 3.98. The van der Waals surface area contributed by atoms with E-state index in [1.165, 1.54) is 18.4 Å². The number of rotatable bonds is 6. The average Bonchev–Trinajstić information content (AvgIpc) is 3.18. The van der Waals surface area contributed by atoms with Crippen molar-refractivity contribution in [1.82, 2.24) is 15.1 Å². The van der Waals surface area contributed by atoms with Gasteiger partial charge in [0.1, 0.15) is 0 Å². The Hall–Kier alpha value is -2.10. The average molecular weight is 283 g/mol. The van der Waals surface area contributed by atoms with Crippen molar-refractivity contribution in [3.8, 4) is 11.3 Å². The summed E-state index contributed by atoms with van der Waals surface area (Å²) in [5.74, 6) is 0.854. The summed E-state index contributed by atoms with van der Waals surface area (Å²) in [6.07, 6.45) is 5.84. The van der Waals surface area contributed by atoms with E-state index in [2.05, 4.69) is 34.7 Å². The van der Waals surface area contributed by atoms with E-state index < -0.39 is 0 Å². The SMILES string of the molecule is Cn1nccc1-c1ccc(CCNC(=O)CC2CC2)cc1. The highest BCUT2D eigenvalue weighted by Crippen LogP contribution is 2.32. The van der Waals surface area contributed by atoms with E-state index in [-0.39, 0.29) is 5.91 Å². The maximum Gasteiger partial charge on any atom is 0.220 e. The lowest BCUT2D eigenvalue weighted by atomic mass is 10.1. The third kappa shape index (κ3) is 3.72. The zero-order chi connectivity index (χ0) is 14.7. The maximum atomic E-state index is 11.6. The number of hydrogen-bond donors (Lipinski definition) is 1. The predicted molar refractivity (Wildman–Crippen MR) is 82.7 cm³/mol. The topological polar surface area (TPSA) is 46.9 Å². The highest BCUT2D eigenvalue weighted by Gasteiger charge is 2.23. The van der Waals surface area contributed by atoms with Crippen LogP contribution in [0.3, 0.4) is 0 Å². The molecule has 1 heterocycles. The molecule has 0 radical (unpaired) electrons. The normalized spacial score (nSPS) is 14.1. The molecule has 0 unspecified atom stereocenters. The second-order valence-corrected chi connectivity index (χ2v) is 5.78. The van der Waals surface area contributed by atoms with Gasteiger partial charge in [0.15, 0.2) is 0 Å². The number of benzene rings is 1. The second kappa shape index (κ2) is 6.12. The summed E-state index contributed by atoms with van der Waals surface area (Å²) in [4.78, 5) is 11.6. The molecule has 0 spiro atoms. The molecule has 0 saturated heterocycles. The summed E-state index contributed by atoms with van der Waals surface area (Å²) < 4.78 is 1.87. The zero-order valence-electron chi connectivity index (χ0n) is 12.4. The molecule has 110 valence electrons. The Labute approximate surface area is 125 Å². The molecular formula is C17H21N3O. The van der Waals surface area contributed by atoms with Crippen LogP contribution in [0.5, 0.6) is 0 Å². The van der Waals surface area contributed by atoms with Crippen molar-refractivity contribution >= 4 is 5.91 Å². The molecule has 2 aromatic rings. The number of nitrogens with one attached hydrogen (secondary N) is 1. The molecule has 1 fully saturated rings. The zero-order valence-corrected chi connectivity index (χ0v) is 12.4. The Morgan fingerprint density at radius 1 is 1.29 bits per heavy atom. The predicted octanol–water partition coefficient (Wildman–Crippen LogP) is 2.55. The number of nitrogens with zero attached hydrogens (tertiary/aromatic N) is 2. The number of carbonyl (C=O) groups is 1. The standard InChI is InChI=1S/C17H21N3O/c1-20-16(9-11-19-20)15-6-4-13(5-7-15)8-10-18-17(21)12-14-2-3-14/h4-7,9,11,14H,2-3,8,10,12H2,1H3,(H,18,21). The van der Waals surface area contributed by atoms with Crippen LogP contribution in [0.25, 0.3) is 11.3 Å². The van der Waals surface area contributed by atoms with Crippen molar-refractivity contribution in [2.24, 2.45) is 13.0 Å². The number of carbonyl (C=O) groups excluding carboxylic acids is 1. The van der Waals surface area contributed by atoms with Gasteiger partial charge in [-0.15, -0.1) is 0 Å². The van der Waals surface area contributed by atoms with Crippen LogP contribution in [0.2, 0.25) is 0 Å². The summed E-state index contributed by atoms with van der Waals surface area (Å²) in [6, 6.07) is 10.5. The first-order valence-corrected chi connectivity index (χ1v) is 7.56. The molecule has 0 bridgehead atoms. The molecule has 1 N–H and O–H groups in total. The van der Waals surface area contributed by atoms with Crippen LogP contribution in [-0.2, 0) is 18.3 Å². The fourth-order valence-corrected chi connectivity index (χ4v) is 2.50. The molecule has 1 amide bonds. The quantitative estimate of drug-likeness (QED) is 0.885. The van der Waals surface area contributed by atoms with Crippen LogP contribution < -0.4 is 5.32 Å².